The van der Waals surface area contributed by atoms with Crippen molar-refractivity contribution < 1.29 is 19.4 Å². The number of hydrogen-bond acceptors (Lipinski definition) is 4. The van der Waals surface area contributed by atoms with Crippen LogP contribution in [0.4, 0.5) is 0 Å². The number of hydrogen-bond donors (Lipinski definition) is 1. The molecule has 1 aliphatic heterocycles. The molecular weight excluding hydrogens is 322 g/mol. The molecule has 0 radical (unpaired) electrons. The third-order valence-corrected chi connectivity index (χ3v) is 4.46. The molecular formula is C18H21N3O4. The molecule has 2 heterocycles. The van der Waals surface area contributed by atoms with Crippen LogP contribution in [-0.4, -0.2) is 51.9 Å². The third kappa shape index (κ3) is 3.56. The number of aliphatic carboxylic acids is 1. The Kier molecular flexibility index (Phi) is 5.14. The van der Waals surface area contributed by atoms with Crippen LogP contribution in [0.3, 0.4) is 0 Å². The molecule has 1 aromatic carbocycles. The normalized spacial score (nSPS) is 20.2. The lowest BCUT2D eigenvalue weighted by Gasteiger charge is -2.26. The molecule has 1 saturated heterocycles. The number of aromatic nitrogens is 2. The fraction of sp³-hybridized carbons (Fsp3) is 0.389. The van der Waals surface area contributed by atoms with Gasteiger partial charge >= 0.3 is 5.97 Å². The van der Waals surface area contributed by atoms with Crippen LogP contribution in [0.1, 0.15) is 24.4 Å². The van der Waals surface area contributed by atoms with Crippen molar-refractivity contribution >= 4 is 11.9 Å². The number of carboxylic acids is 1. The first-order chi connectivity index (χ1) is 12.1. The lowest BCUT2D eigenvalue weighted by atomic mass is 9.96. The van der Waals surface area contributed by atoms with Gasteiger partial charge in [-0.3, -0.25) is 9.59 Å². The highest BCUT2D eigenvalue weighted by atomic mass is 16.5. The van der Waals surface area contributed by atoms with Crippen LogP contribution in [0.15, 0.2) is 42.7 Å². The topological polar surface area (TPSA) is 84.7 Å². The minimum Gasteiger partial charge on any atom is -0.481 e. The number of likely N-dealkylation sites (tertiary alicyclic amines) is 1. The second-order valence-corrected chi connectivity index (χ2v) is 6.08. The predicted molar refractivity (Wildman–Crippen MR) is 90.3 cm³/mol. The summed E-state index contributed by atoms with van der Waals surface area (Å²) in [5.41, 5.74) is 1.62. The Balaban J connectivity index is 1.88. The maximum absolute atomic E-state index is 12.3. The number of amides is 1. The van der Waals surface area contributed by atoms with Gasteiger partial charge in [0.2, 0.25) is 5.91 Å². The Bertz CT molecular complexity index is 744. The first-order valence-electron chi connectivity index (χ1n) is 8.23. The van der Waals surface area contributed by atoms with Crippen LogP contribution in [0, 0.1) is 5.92 Å². The Morgan fingerprint density at radius 1 is 1.36 bits per heavy atom. The molecule has 1 amide bonds. The summed E-state index contributed by atoms with van der Waals surface area (Å²) in [5, 5.41) is 13.9. The third-order valence-electron chi connectivity index (χ3n) is 4.46. The fourth-order valence-corrected chi connectivity index (χ4v) is 3.28. The van der Waals surface area contributed by atoms with Gasteiger partial charge in [-0.15, -0.1) is 0 Å². The number of methoxy groups -OCH3 is 1. The zero-order chi connectivity index (χ0) is 17.8. The van der Waals surface area contributed by atoms with Crippen molar-refractivity contribution in [2.24, 2.45) is 5.92 Å². The van der Waals surface area contributed by atoms with E-state index in [1.165, 1.54) is 0 Å². The van der Waals surface area contributed by atoms with E-state index in [0.717, 1.165) is 11.3 Å². The van der Waals surface area contributed by atoms with Crippen molar-refractivity contribution in [3.63, 3.8) is 0 Å². The number of carboxylic acid groups (broad SMARTS) is 1. The van der Waals surface area contributed by atoms with Gasteiger partial charge in [0.05, 0.1) is 23.8 Å². The average Bonchev–Trinajstić information content (AvgIpc) is 3.21. The standard InChI is InChI=1S/C18H21N3O4/c1-25-9-5-8-20-16(22)10-15(18(23)24)17(20)13-11-19-21(12-13)14-6-3-2-4-7-14/h2-4,6-7,11-12,15,17H,5,8-10H2,1H3,(H,23,24)/t15-,17+/m1/s1. The van der Waals surface area contributed by atoms with Crippen molar-refractivity contribution in [1.29, 1.82) is 0 Å². The largest absolute Gasteiger partial charge is 0.481 e. The van der Waals surface area contributed by atoms with Crippen molar-refractivity contribution in [2.75, 3.05) is 20.3 Å². The van der Waals surface area contributed by atoms with Gasteiger partial charge in [0.25, 0.3) is 0 Å². The van der Waals surface area contributed by atoms with E-state index in [4.69, 9.17) is 4.74 Å². The molecule has 1 aliphatic rings. The van der Waals surface area contributed by atoms with Gasteiger partial charge in [-0.2, -0.15) is 5.10 Å². The summed E-state index contributed by atoms with van der Waals surface area (Å²) in [6, 6.07) is 9.07. The summed E-state index contributed by atoms with van der Waals surface area (Å²) in [6.07, 6.45) is 4.13. The van der Waals surface area contributed by atoms with Gasteiger partial charge in [0.1, 0.15) is 0 Å². The lowest BCUT2D eigenvalue weighted by molar-refractivity contribution is -0.142. The van der Waals surface area contributed by atoms with E-state index in [9.17, 15) is 14.7 Å². The smallest absolute Gasteiger partial charge is 0.309 e. The average molecular weight is 343 g/mol. The zero-order valence-electron chi connectivity index (χ0n) is 14.0. The van der Waals surface area contributed by atoms with E-state index in [2.05, 4.69) is 5.10 Å². The number of carbonyl (C=O) groups is 2. The molecule has 1 N–H and O–H groups in total. The molecule has 0 unspecified atom stereocenters. The Morgan fingerprint density at radius 2 is 2.12 bits per heavy atom. The zero-order valence-corrected chi connectivity index (χ0v) is 14.0. The molecule has 1 fully saturated rings. The predicted octanol–water partition coefficient (Wildman–Crippen LogP) is 1.88. The second kappa shape index (κ2) is 7.48. The number of nitrogens with zero attached hydrogens (tertiary/aromatic N) is 3. The molecule has 2 atom stereocenters. The maximum atomic E-state index is 12.3. The summed E-state index contributed by atoms with van der Waals surface area (Å²) in [4.78, 5) is 25.6. The van der Waals surface area contributed by atoms with E-state index in [-0.39, 0.29) is 12.3 Å². The Hall–Kier alpha value is -2.67. The van der Waals surface area contributed by atoms with Crippen LogP contribution in [0.5, 0.6) is 0 Å². The summed E-state index contributed by atoms with van der Waals surface area (Å²) in [6.45, 7) is 0.995. The van der Waals surface area contributed by atoms with Crippen LogP contribution in [0.2, 0.25) is 0 Å². The molecule has 0 saturated carbocycles. The molecule has 132 valence electrons. The number of carbonyl (C=O) groups excluding carboxylic acids is 1. The maximum Gasteiger partial charge on any atom is 0.309 e. The highest BCUT2D eigenvalue weighted by molar-refractivity contribution is 5.87. The highest BCUT2D eigenvalue weighted by Gasteiger charge is 2.44. The molecule has 3 rings (SSSR count). The fourth-order valence-electron chi connectivity index (χ4n) is 3.28. The van der Waals surface area contributed by atoms with Gasteiger partial charge < -0.3 is 14.7 Å². The molecule has 7 heteroatoms. The molecule has 0 spiro atoms. The molecule has 0 aliphatic carbocycles. The van der Waals surface area contributed by atoms with Crippen LogP contribution in [-0.2, 0) is 14.3 Å². The highest BCUT2D eigenvalue weighted by Crippen LogP contribution is 2.38. The molecule has 7 nitrogen and oxygen atoms in total. The summed E-state index contributed by atoms with van der Waals surface area (Å²) in [5.74, 6) is -1.86. The number of rotatable bonds is 7. The molecule has 2 aromatic rings. The Labute approximate surface area is 145 Å². The van der Waals surface area contributed by atoms with E-state index in [1.807, 2.05) is 30.3 Å². The van der Waals surface area contributed by atoms with Gasteiger partial charge in [-0.25, -0.2) is 4.68 Å². The van der Waals surface area contributed by atoms with Crippen molar-refractivity contribution in [3.8, 4) is 5.69 Å². The second-order valence-electron chi connectivity index (χ2n) is 6.08. The molecule has 25 heavy (non-hydrogen) atoms. The first-order valence-corrected chi connectivity index (χ1v) is 8.23. The number of ether oxygens (including phenoxy) is 1. The van der Waals surface area contributed by atoms with Crippen LogP contribution in [0.25, 0.3) is 5.69 Å². The van der Waals surface area contributed by atoms with E-state index in [0.29, 0.717) is 19.6 Å². The summed E-state index contributed by atoms with van der Waals surface area (Å²) in [7, 11) is 1.60. The lowest BCUT2D eigenvalue weighted by Crippen LogP contribution is -2.31. The minimum atomic E-state index is -0.958. The van der Waals surface area contributed by atoms with E-state index < -0.39 is 17.9 Å². The van der Waals surface area contributed by atoms with Gasteiger partial charge in [-0.1, -0.05) is 18.2 Å². The van der Waals surface area contributed by atoms with Crippen LogP contribution < -0.4 is 0 Å². The van der Waals surface area contributed by atoms with Gasteiger partial charge in [0.15, 0.2) is 0 Å². The van der Waals surface area contributed by atoms with E-state index >= 15 is 0 Å². The number of benzene rings is 1. The monoisotopic (exact) mass is 343 g/mol. The Morgan fingerprint density at radius 3 is 2.80 bits per heavy atom. The SMILES string of the molecule is COCCCN1C(=O)C[C@@H](C(=O)O)[C@@H]1c1cnn(-c2ccccc2)c1. The van der Waals surface area contributed by atoms with E-state index in [1.54, 1.807) is 29.1 Å². The van der Waals surface area contributed by atoms with Crippen molar-refractivity contribution in [2.45, 2.75) is 18.9 Å². The molecule has 0 bridgehead atoms. The summed E-state index contributed by atoms with van der Waals surface area (Å²) >= 11 is 0. The van der Waals surface area contributed by atoms with Crippen molar-refractivity contribution in [3.05, 3.63) is 48.3 Å². The van der Waals surface area contributed by atoms with Gasteiger partial charge in [0, 0.05) is 38.4 Å². The molecule has 1 aromatic heterocycles. The quantitative estimate of drug-likeness (QED) is 0.776. The summed E-state index contributed by atoms with van der Waals surface area (Å²) < 4.78 is 6.74. The first kappa shape index (κ1) is 17.2. The van der Waals surface area contributed by atoms with Crippen molar-refractivity contribution in [1.82, 2.24) is 14.7 Å². The van der Waals surface area contributed by atoms with Gasteiger partial charge in [-0.05, 0) is 18.6 Å². The number of para-hydroxylation sites is 1. The minimum absolute atomic E-state index is 0.0174. The van der Waals surface area contributed by atoms with Crippen LogP contribution >= 0.6 is 0 Å².